The van der Waals surface area contributed by atoms with Gasteiger partial charge in [-0.3, -0.25) is 4.57 Å². The van der Waals surface area contributed by atoms with E-state index >= 15 is 0 Å². The molecule has 0 fully saturated rings. The molecular weight excluding hydrogens is 274 g/mol. The average molecular weight is 286 g/mol. The maximum Gasteiger partial charge on any atom is 0.349 e. The molecule has 20 heavy (non-hydrogen) atoms. The molecule has 1 aromatic carbocycles. The zero-order valence-corrected chi connectivity index (χ0v) is 11.6. The third kappa shape index (κ3) is 2.08. The molecule has 3 aromatic rings. The first-order valence-corrected chi connectivity index (χ1v) is 6.70. The molecule has 2 heterocycles. The van der Waals surface area contributed by atoms with Crippen LogP contribution in [0.5, 0.6) is 0 Å². The average Bonchev–Trinajstić information content (AvgIpc) is 2.47. The molecule has 0 amide bonds. The van der Waals surface area contributed by atoms with Crippen LogP contribution in [-0.4, -0.2) is 14.5 Å². The summed E-state index contributed by atoms with van der Waals surface area (Å²) in [7, 11) is 0. The van der Waals surface area contributed by atoms with E-state index in [0.29, 0.717) is 22.9 Å². The van der Waals surface area contributed by atoms with Gasteiger partial charge in [-0.25, -0.2) is 9.78 Å². The zero-order chi connectivity index (χ0) is 14.1. The van der Waals surface area contributed by atoms with Crippen molar-refractivity contribution in [1.82, 2.24) is 14.5 Å². The van der Waals surface area contributed by atoms with Gasteiger partial charge in [0, 0.05) is 28.7 Å². The number of hydrogen-bond acceptors (Lipinski definition) is 3. The van der Waals surface area contributed by atoms with Crippen molar-refractivity contribution in [3.8, 4) is 11.3 Å². The predicted molar refractivity (Wildman–Crippen MR) is 79.9 cm³/mol. The van der Waals surface area contributed by atoms with Crippen molar-refractivity contribution in [3.63, 3.8) is 0 Å². The molecule has 0 saturated carbocycles. The highest BCUT2D eigenvalue weighted by atomic mass is 35.5. The Kier molecular flexibility index (Phi) is 3.24. The van der Waals surface area contributed by atoms with Crippen LogP contribution < -0.4 is 5.69 Å². The zero-order valence-electron chi connectivity index (χ0n) is 10.9. The van der Waals surface area contributed by atoms with Gasteiger partial charge in [0.1, 0.15) is 5.65 Å². The van der Waals surface area contributed by atoms with E-state index in [0.717, 1.165) is 10.9 Å². The number of aromatic nitrogens is 3. The van der Waals surface area contributed by atoms with E-state index in [9.17, 15) is 4.79 Å². The van der Waals surface area contributed by atoms with Crippen LogP contribution in [-0.2, 0) is 6.54 Å². The Labute approximate surface area is 120 Å². The fourth-order valence-electron chi connectivity index (χ4n) is 2.22. The van der Waals surface area contributed by atoms with Crippen molar-refractivity contribution in [1.29, 1.82) is 0 Å². The predicted octanol–water partition coefficient (Wildman–Crippen LogP) is 3.13. The Morgan fingerprint density at radius 1 is 1.20 bits per heavy atom. The van der Waals surface area contributed by atoms with Crippen molar-refractivity contribution in [2.24, 2.45) is 0 Å². The highest BCUT2D eigenvalue weighted by molar-refractivity contribution is 6.30. The van der Waals surface area contributed by atoms with Gasteiger partial charge in [-0.15, -0.1) is 0 Å². The number of benzene rings is 1. The van der Waals surface area contributed by atoms with Crippen LogP contribution in [0, 0.1) is 0 Å². The maximum absolute atomic E-state index is 12.1. The normalized spacial score (nSPS) is 10.9. The molecular formula is C15H12ClN3O. The summed E-state index contributed by atoms with van der Waals surface area (Å²) >= 11 is 5.90. The minimum Gasteiger partial charge on any atom is -0.276 e. The first-order valence-electron chi connectivity index (χ1n) is 6.32. The Balaban J connectivity index is 2.37. The van der Waals surface area contributed by atoms with Crippen LogP contribution in [0.1, 0.15) is 6.92 Å². The lowest BCUT2D eigenvalue weighted by Crippen LogP contribution is -2.23. The number of hydrogen-bond donors (Lipinski definition) is 0. The van der Waals surface area contributed by atoms with Gasteiger partial charge in [-0.2, -0.15) is 4.98 Å². The van der Waals surface area contributed by atoms with Gasteiger partial charge in [-0.05, 0) is 31.2 Å². The van der Waals surface area contributed by atoms with Gasteiger partial charge in [0.05, 0.1) is 5.69 Å². The smallest absolute Gasteiger partial charge is 0.276 e. The van der Waals surface area contributed by atoms with Crippen molar-refractivity contribution < 1.29 is 0 Å². The Morgan fingerprint density at radius 3 is 2.65 bits per heavy atom. The summed E-state index contributed by atoms with van der Waals surface area (Å²) in [6, 6.07) is 11.0. The molecule has 5 heteroatoms. The number of halogens is 1. The van der Waals surface area contributed by atoms with Crippen molar-refractivity contribution >= 4 is 22.6 Å². The second-order valence-electron chi connectivity index (χ2n) is 4.37. The van der Waals surface area contributed by atoms with E-state index in [2.05, 4.69) is 9.97 Å². The quantitative estimate of drug-likeness (QED) is 0.727. The van der Waals surface area contributed by atoms with Gasteiger partial charge < -0.3 is 0 Å². The lowest BCUT2D eigenvalue weighted by atomic mass is 10.1. The molecule has 0 spiro atoms. The van der Waals surface area contributed by atoms with Gasteiger partial charge >= 0.3 is 5.69 Å². The second kappa shape index (κ2) is 5.06. The molecule has 3 rings (SSSR count). The number of aryl methyl sites for hydroxylation is 1. The number of fused-ring (bicyclic) bond motifs is 1. The third-order valence-electron chi connectivity index (χ3n) is 3.17. The van der Waals surface area contributed by atoms with Crippen LogP contribution >= 0.6 is 11.6 Å². The Morgan fingerprint density at radius 2 is 1.95 bits per heavy atom. The highest BCUT2D eigenvalue weighted by Crippen LogP contribution is 2.25. The SMILES string of the molecule is CCn1c(=O)nc(-c2ccc(Cl)cc2)c2cccnc21. The fourth-order valence-corrected chi connectivity index (χ4v) is 2.34. The maximum atomic E-state index is 12.1. The largest absolute Gasteiger partial charge is 0.349 e. The summed E-state index contributed by atoms with van der Waals surface area (Å²) in [6.07, 6.45) is 1.68. The fraction of sp³-hybridized carbons (Fsp3) is 0.133. The number of rotatable bonds is 2. The standard InChI is InChI=1S/C15H12ClN3O/c1-2-19-14-12(4-3-9-17-14)13(18-15(19)20)10-5-7-11(16)8-6-10/h3-9H,2H2,1H3. The van der Waals surface area contributed by atoms with Crippen molar-refractivity contribution in [2.75, 3.05) is 0 Å². The molecule has 0 aliphatic carbocycles. The summed E-state index contributed by atoms with van der Waals surface area (Å²) in [5.74, 6) is 0. The molecule has 0 bridgehead atoms. The van der Waals surface area contributed by atoms with E-state index in [4.69, 9.17) is 11.6 Å². The van der Waals surface area contributed by atoms with Gasteiger partial charge in [0.15, 0.2) is 0 Å². The van der Waals surface area contributed by atoms with Gasteiger partial charge in [0.25, 0.3) is 0 Å². The molecule has 0 unspecified atom stereocenters. The molecule has 0 atom stereocenters. The van der Waals surface area contributed by atoms with Crippen LogP contribution in [0.3, 0.4) is 0 Å². The van der Waals surface area contributed by atoms with E-state index in [1.54, 1.807) is 22.9 Å². The Bertz CT molecular complexity index is 825. The van der Waals surface area contributed by atoms with Crippen LogP contribution in [0.15, 0.2) is 47.4 Å². The minimum atomic E-state index is -0.288. The molecule has 0 N–H and O–H groups in total. The van der Waals surface area contributed by atoms with E-state index in [-0.39, 0.29) is 5.69 Å². The first-order chi connectivity index (χ1) is 9.70. The molecule has 100 valence electrons. The molecule has 0 aliphatic rings. The molecule has 4 nitrogen and oxygen atoms in total. The summed E-state index contributed by atoms with van der Waals surface area (Å²) < 4.78 is 1.56. The number of pyridine rings is 1. The van der Waals surface area contributed by atoms with E-state index < -0.39 is 0 Å². The van der Waals surface area contributed by atoms with Crippen molar-refractivity contribution in [2.45, 2.75) is 13.5 Å². The third-order valence-corrected chi connectivity index (χ3v) is 3.42. The molecule has 0 radical (unpaired) electrons. The van der Waals surface area contributed by atoms with Crippen LogP contribution in [0.2, 0.25) is 5.02 Å². The van der Waals surface area contributed by atoms with E-state index in [1.807, 2.05) is 31.2 Å². The number of nitrogens with zero attached hydrogens (tertiary/aromatic N) is 3. The molecule has 0 saturated heterocycles. The topological polar surface area (TPSA) is 47.8 Å². The van der Waals surface area contributed by atoms with Gasteiger partial charge in [0.2, 0.25) is 0 Å². The lowest BCUT2D eigenvalue weighted by molar-refractivity contribution is 0.723. The summed E-state index contributed by atoms with van der Waals surface area (Å²) in [4.78, 5) is 20.6. The van der Waals surface area contributed by atoms with E-state index in [1.165, 1.54) is 0 Å². The summed E-state index contributed by atoms with van der Waals surface area (Å²) in [6.45, 7) is 2.44. The monoisotopic (exact) mass is 285 g/mol. The Hall–Kier alpha value is -2.20. The van der Waals surface area contributed by atoms with Crippen molar-refractivity contribution in [3.05, 3.63) is 58.1 Å². The summed E-state index contributed by atoms with van der Waals surface area (Å²) in [5, 5.41) is 1.51. The second-order valence-corrected chi connectivity index (χ2v) is 4.81. The first kappa shape index (κ1) is 12.8. The van der Waals surface area contributed by atoms with Gasteiger partial charge in [-0.1, -0.05) is 23.7 Å². The minimum absolute atomic E-state index is 0.288. The summed E-state index contributed by atoms with van der Waals surface area (Å²) in [5.41, 5.74) is 1.86. The lowest BCUT2D eigenvalue weighted by Gasteiger charge is -2.10. The molecule has 0 aliphatic heterocycles. The van der Waals surface area contributed by atoms with Crippen LogP contribution in [0.4, 0.5) is 0 Å². The van der Waals surface area contributed by atoms with Crippen LogP contribution in [0.25, 0.3) is 22.3 Å². The highest BCUT2D eigenvalue weighted by Gasteiger charge is 2.11. The molecule has 2 aromatic heterocycles.